The summed E-state index contributed by atoms with van der Waals surface area (Å²) >= 11 is 3.05. The quantitative estimate of drug-likeness (QED) is 0.893. The second kappa shape index (κ2) is 4.61. The highest BCUT2D eigenvalue weighted by molar-refractivity contribution is 9.10. The summed E-state index contributed by atoms with van der Waals surface area (Å²) in [5.74, 6) is -2.42. The van der Waals surface area contributed by atoms with Crippen molar-refractivity contribution in [1.29, 1.82) is 0 Å². The highest BCUT2D eigenvalue weighted by atomic mass is 79.9. The Morgan fingerprint density at radius 2 is 2.20 bits per heavy atom. The maximum atomic E-state index is 13.4. The SMILES string of the molecule is CC(CC(=O)O)c1c(F)ccc(Br)c1O. The topological polar surface area (TPSA) is 57.5 Å². The normalized spacial score (nSPS) is 12.5. The average molecular weight is 277 g/mol. The van der Waals surface area contributed by atoms with Crippen LogP contribution in [0.3, 0.4) is 0 Å². The molecule has 1 rings (SSSR count). The lowest BCUT2D eigenvalue weighted by Crippen LogP contribution is -2.05. The van der Waals surface area contributed by atoms with E-state index in [-0.39, 0.29) is 17.7 Å². The van der Waals surface area contributed by atoms with Crippen LogP contribution in [-0.4, -0.2) is 16.2 Å². The number of phenols is 1. The molecule has 1 unspecified atom stereocenters. The van der Waals surface area contributed by atoms with Gasteiger partial charge >= 0.3 is 5.97 Å². The van der Waals surface area contributed by atoms with E-state index in [1.807, 2.05) is 0 Å². The van der Waals surface area contributed by atoms with Crippen molar-refractivity contribution in [2.45, 2.75) is 19.3 Å². The maximum absolute atomic E-state index is 13.4. The van der Waals surface area contributed by atoms with Crippen molar-refractivity contribution in [2.75, 3.05) is 0 Å². The van der Waals surface area contributed by atoms with Crippen LogP contribution in [-0.2, 0) is 4.79 Å². The number of halogens is 2. The van der Waals surface area contributed by atoms with Crippen LogP contribution >= 0.6 is 15.9 Å². The Balaban J connectivity index is 3.12. The predicted molar refractivity (Wildman–Crippen MR) is 56.4 cm³/mol. The van der Waals surface area contributed by atoms with Gasteiger partial charge in [-0.1, -0.05) is 6.92 Å². The van der Waals surface area contributed by atoms with Crippen molar-refractivity contribution in [3.63, 3.8) is 0 Å². The number of carboxylic acids is 1. The second-order valence-corrected chi connectivity index (χ2v) is 4.14. The van der Waals surface area contributed by atoms with E-state index >= 15 is 0 Å². The van der Waals surface area contributed by atoms with Crippen LogP contribution < -0.4 is 0 Å². The molecule has 0 radical (unpaired) electrons. The number of aromatic hydroxyl groups is 1. The second-order valence-electron chi connectivity index (χ2n) is 3.29. The molecule has 0 amide bonds. The molecule has 0 spiro atoms. The first-order valence-corrected chi connectivity index (χ1v) is 5.11. The summed E-state index contributed by atoms with van der Waals surface area (Å²) in [7, 11) is 0. The van der Waals surface area contributed by atoms with Crippen molar-refractivity contribution in [3.8, 4) is 5.75 Å². The average Bonchev–Trinajstić information content (AvgIpc) is 2.11. The van der Waals surface area contributed by atoms with Crippen LogP contribution in [0.4, 0.5) is 4.39 Å². The van der Waals surface area contributed by atoms with E-state index in [0.717, 1.165) is 0 Å². The first-order valence-electron chi connectivity index (χ1n) is 4.32. The van der Waals surface area contributed by atoms with E-state index in [1.54, 1.807) is 6.92 Å². The Morgan fingerprint density at radius 3 is 2.73 bits per heavy atom. The van der Waals surface area contributed by atoms with Gasteiger partial charge < -0.3 is 10.2 Å². The van der Waals surface area contributed by atoms with Crippen molar-refractivity contribution >= 4 is 21.9 Å². The molecule has 5 heteroatoms. The maximum Gasteiger partial charge on any atom is 0.303 e. The number of hydrogen-bond acceptors (Lipinski definition) is 2. The van der Waals surface area contributed by atoms with Crippen molar-refractivity contribution < 1.29 is 19.4 Å². The van der Waals surface area contributed by atoms with Gasteiger partial charge in [0.2, 0.25) is 0 Å². The van der Waals surface area contributed by atoms with Crippen LogP contribution in [0.1, 0.15) is 24.8 Å². The van der Waals surface area contributed by atoms with Crippen molar-refractivity contribution in [2.24, 2.45) is 0 Å². The lowest BCUT2D eigenvalue weighted by molar-refractivity contribution is -0.137. The van der Waals surface area contributed by atoms with Gasteiger partial charge in [-0.15, -0.1) is 0 Å². The fourth-order valence-electron chi connectivity index (χ4n) is 1.39. The third-order valence-electron chi connectivity index (χ3n) is 2.09. The molecule has 15 heavy (non-hydrogen) atoms. The van der Waals surface area contributed by atoms with E-state index in [1.165, 1.54) is 12.1 Å². The number of benzene rings is 1. The van der Waals surface area contributed by atoms with Gasteiger partial charge in [0.05, 0.1) is 10.9 Å². The molecule has 0 aliphatic heterocycles. The van der Waals surface area contributed by atoms with Crippen molar-refractivity contribution in [1.82, 2.24) is 0 Å². The first kappa shape index (κ1) is 12.0. The number of hydrogen-bond donors (Lipinski definition) is 2. The summed E-state index contributed by atoms with van der Waals surface area (Å²) < 4.78 is 13.7. The van der Waals surface area contributed by atoms with Gasteiger partial charge in [0.15, 0.2) is 0 Å². The Hall–Kier alpha value is -1.10. The van der Waals surface area contributed by atoms with Gasteiger partial charge in [-0.3, -0.25) is 4.79 Å². The monoisotopic (exact) mass is 276 g/mol. The molecule has 1 aromatic rings. The van der Waals surface area contributed by atoms with Gasteiger partial charge in [-0.2, -0.15) is 0 Å². The summed E-state index contributed by atoms with van der Waals surface area (Å²) in [6.45, 7) is 1.55. The molecule has 0 aliphatic rings. The van der Waals surface area contributed by atoms with Crippen molar-refractivity contribution in [3.05, 3.63) is 28.0 Å². The molecule has 0 saturated carbocycles. The zero-order valence-corrected chi connectivity index (χ0v) is 9.58. The van der Waals surface area contributed by atoms with Gasteiger partial charge in [-0.05, 0) is 34.0 Å². The molecular formula is C10H10BrFO3. The van der Waals surface area contributed by atoms with Gasteiger partial charge in [-0.25, -0.2) is 4.39 Å². The molecule has 0 heterocycles. The molecule has 0 aliphatic carbocycles. The van der Waals surface area contributed by atoms with Gasteiger partial charge in [0.25, 0.3) is 0 Å². The number of carbonyl (C=O) groups is 1. The Kier molecular flexibility index (Phi) is 3.68. The van der Waals surface area contributed by atoms with E-state index in [9.17, 15) is 14.3 Å². The highest BCUT2D eigenvalue weighted by Crippen LogP contribution is 2.36. The fraction of sp³-hybridized carbons (Fsp3) is 0.300. The third-order valence-corrected chi connectivity index (χ3v) is 2.73. The molecule has 0 aromatic heterocycles. The van der Waals surface area contributed by atoms with Crippen LogP contribution in [0.15, 0.2) is 16.6 Å². The highest BCUT2D eigenvalue weighted by Gasteiger charge is 2.19. The van der Waals surface area contributed by atoms with E-state index in [2.05, 4.69) is 15.9 Å². The zero-order valence-electron chi connectivity index (χ0n) is 8.00. The smallest absolute Gasteiger partial charge is 0.303 e. The lowest BCUT2D eigenvalue weighted by atomic mass is 9.96. The molecule has 0 bridgehead atoms. The lowest BCUT2D eigenvalue weighted by Gasteiger charge is -2.13. The van der Waals surface area contributed by atoms with Gasteiger partial charge in [0, 0.05) is 5.56 Å². The third kappa shape index (κ3) is 2.68. The molecule has 2 N–H and O–H groups in total. The number of rotatable bonds is 3. The summed E-state index contributed by atoms with van der Waals surface area (Å²) in [5, 5.41) is 18.2. The minimum Gasteiger partial charge on any atom is -0.506 e. The number of aliphatic carboxylic acids is 1. The Bertz CT molecular complexity index is 392. The molecule has 0 fully saturated rings. The molecule has 1 aromatic carbocycles. The molecule has 0 saturated heterocycles. The molecule has 1 atom stereocenters. The largest absolute Gasteiger partial charge is 0.506 e. The van der Waals surface area contributed by atoms with E-state index in [0.29, 0.717) is 4.47 Å². The van der Waals surface area contributed by atoms with Crippen LogP contribution in [0.25, 0.3) is 0 Å². The number of carboxylic acid groups (broad SMARTS) is 1. The minimum atomic E-state index is -1.03. The zero-order chi connectivity index (χ0) is 11.6. The van der Waals surface area contributed by atoms with Crippen LogP contribution in [0.2, 0.25) is 0 Å². The molecular weight excluding hydrogens is 267 g/mol. The standard InChI is InChI=1S/C10H10BrFO3/c1-5(4-8(13)14)9-7(12)3-2-6(11)10(9)15/h2-3,5,15H,4H2,1H3,(H,13,14). The first-order chi connectivity index (χ1) is 6.93. The summed E-state index contributed by atoms with van der Waals surface area (Å²) in [6, 6.07) is 2.57. The molecule has 3 nitrogen and oxygen atoms in total. The fourth-order valence-corrected chi connectivity index (χ4v) is 1.74. The summed E-state index contributed by atoms with van der Waals surface area (Å²) in [4.78, 5) is 10.5. The molecule has 82 valence electrons. The summed E-state index contributed by atoms with van der Waals surface area (Å²) in [6.07, 6.45) is -0.221. The number of phenolic OH excluding ortho intramolecular Hbond substituents is 1. The van der Waals surface area contributed by atoms with E-state index in [4.69, 9.17) is 5.11 Å². The Labute approximate surface area is 94.7 Å². The minimum absolute atomic E-state index is 0.0341. The van der Waals surface area contributed by atoms with E-state index < -0.39 is 17.7 Å². The van der Waals surface area contributed by atoms with Crippen LogP contribution in [0, 0.1) is 5.82 Å². The predicted octanol–water partition coefficient (Wildman–Crippen LogP) is 2.87. The van der Waals surface area contributed by atoms with Crippen LogP contribution in [0.5, 0.6) is 5.75 Å². The Morgan fingerprint density at radius 1 is 1.60 bits per heavy atom. The summed E-state index contributed by atoms with van der Waals surface area (Å²) in [5.41, 5.74) is 0.0341. The van der Waals surface area contributed by atoms with Gasteiger partial charge in [0.1, 0.15) is 11.6 Å².